The Labute approximate surface area is 120 Å². The predicted octanol–water partition coefficient (Wildman–Crippen LogP) is 4.39. The van der Waals surface area contributed by atoms with Gasteiger partial charge in [0.25, 0.3) is 0 Å². The highest BCUT2D eigenvalue weighted by Gasteiger charge is 2.24. The molecule has 4 atom stereocenters. The van der Waals surface area contributed by atoms with E-state index < -0.39 is 0 Å². The van der Waals surface area contributed by atoms with Crippen LogP contribution in [0.2, 0.25) is 0 Å². The highest BCUT2D eigenvalue weighted by atomic mass is 16.5. The molecule has 1 rings (SSSR count). The Morgan fingerprint density at radius 2 is 1.95 bits per heavy atom. The lowest BCUT2D eigenvalue weighted by atomic mass is 9.80. The third-order valence-corrected chi connectivity index (χ3v) is 4.78. The van der Waals surface area contributed by atoms with E-state index in [1.165, 1.54) is 44.9 Å². The highest BCUT2D eigenvalue weighted by Crippen LogP contribution is 2.30. The summed E-state index contributed by atoms with van der Waals surface area (Å²) < 4.78 is 6.07. The van der Waals surface area contributed by atoms with Crippen LogP contribution in [0.3, 0.4) is 0 Å². The van der Waals surface area contributed by atoms with Gasteiger partial charge in [0.05, 0.1) is 6.10 Å². The van der Waals surface area contributed by atoms with Crippen molar-refractivity contribution >= 4 is 0 Å². The summed E-state index contributed by atoms with van der Waals surface area (Å²) in [4.78, 5) is 0. The number of nitrogens with one attached hydrogen (secondary N) is 1. The summed E-state index contributed by atoms with van der Waals surface area (Å²) in [6.07, 6.45) is 9.36. The molecule has 1 fully saturated rings. The van der Waals surface area contributed by atoms with Crippen LogP contribution in [-0.2, 0) is 4.74 Å². The van der Waals surface area contributed by atoms with Crippen molar-refractivity contribution < 1.29 is 4.74 Å². The van der Waals surface area contributed by atoms with Crippen molar-refractivity contribution in [2.75, 3.05) is 13.2 Å². The molecule has 0 radical (unpaired) electrons. The molecule has 0 saturated heterocycles. The molecule has 0 aromatic rings. The molecule has 19 heavy (non-hydrogen) atoms. The van der Waals surface area contributed by atoms with Gasteiger partial charge in [0.2, 0.25) is 0 Å². The van der Waals surface area contributed by atoms with E-state index in [0.29, 0.717) is 12.1 Å². The molecule has 2 heteroatoms. The van der Waals surface area contributed by atoms with E-state index in [1.54, 1.807) is 0 Å². The summed E-state index contributed by atoms with van der Waals surface area (Å²) in [6, 6.07) is 0.689. The van der Waals surface area contributed by atoms with E-state index >= 15 is 0 Å². The summed E-state index contributed by atoms with van der Waals surface area (Å²) in [5.41, 5.74) is 0. The van der Waals surface area contributed by atoms with Gasteiger partial charge < -0.3 is 10.1 Å². The zero-order chi connectivity index (χ0) is 14.1. The Morgan fingerprint density at radius 1 is 1.16 bits per heavy atom. The second-order valence-corrected chi connectivity index (χ2v) is 6.46. The van der Waals surface area contributed by atoms with Gasteiger partial charge in [-0.05, 0) is 63.3 Å². The Bertz CT molecular complexity index is 219. The third-order valence-electron chi connectivity index (χ3n) is 4.78. The highest BCUT2D eigenvalue weighted by molar-refractivity contribution is 4.75. The van der Waals surface area contributed by atoms with Crippen molar-refractivity contribution in [2.45, 2.75) is 84.8 Å². The quantitative estimate of drug-likeness (QED) is 0.627. The third kappa shape index (κ3) is 6.76. The number of rotatable bonds is 9. The Kier molecular flexibility index (Phi) is 8.72. The molecular formula is C17H35NO. The van der Waals surface area contributed by atoms with Crippen LogP contribution in [0.4, 0.5) is 0 Å². The lowest BCUT2D eigenvalue weighted by molar-refractivity contribution is 0.000430. The van der Waals surface area contributed by atoms with Gasteiger partial charge in [0.1, 0.15) is 0 Å². The van der Waals surface area contributed by atoms with Crippen LogP contribution in [0, 0.1) is 11.8 Å². The molecular weight excluding hydrogens is 234 g/mol. The first kappa shape index (κ1) is 17.0. The molecule has 0 aliphatic heterocycles. The fourth-order valence-corrected chi connectivity index (χ4v) is 3.03. The van der Waals surface area contributed by atoms with E-state index in [0.717, 1.165) is 25.0 Å². The maximum absolute atomic E-state index is 6.07. The van der Waals surface area contributed by atoms with Crippen molar-refractivity contribution in [2.24, 2.45) is 11.8 Å². The Balaban J connectivity index is 2.06. The van der Waals surface area contributed by atoms with Gasteiger partial charge in [-0.15, -0.1) is 0 Å². The average Bonchev–Trinajstić information content (AvgIpc) is 2.42. The molecule has 0 aromatic heterocycles. The van der Waals surface area contributed by atoms with Crippen LogP contribution in [0.5, 0.6) is 0 Å². The summed E-state index contributed by atoms with van der Waals surface area (Å²) >= 11 is 0. The van der Waals surface area contributed by atoms with E-state index in [4.69, 9.17) is 4.74 Å². The fraction of sp³-hybridized carbons (Fsp3) is 1.00. The number of hydrogen-bond acceptors (Lipinski definition) is 2. The van der Waals surface area contributed by atoms with Crippen molar-refractivity contribution in [3.05, 3.63) is 0 Å². The molecule has 0 heterocycles. The number of hydrogen-bond donors (Lipinski definition) is 1. The van der Waals surface area contributed by atoms with Crippen molar-refractivity contribution in [1.82, 2.24) is 5.32 Å². The largest absolute Gasteiger partial charge is 0.378 e. The first-order chi connectivity index (χ1) is 9.17. The molecule has 1 N–H and O–H groups in total. The first-order valence-electron chi connectivity index (χ1n) is 8.52. The smallest absolute Gasteiger partial charge is 0.0577 e. The lowest BCUT2D eigenvalue weighted by Gasteiger charge is -2.32. The molecule has 2 nitrogen and oxygen atoms in total. The van der Waals surface area contributed by atoms with Gasteiger partial charge in [0, 0.05) is 12.6 Å². The van der Waals surface area contributed by atoms with Gasteiger partial charge in [-0.3, -0.25) is 0 Å². The van der Waals surface area contributed by atoms with Crippen molar-refractivity contribution in [3.8, 4) is 0 Å². The summed E-state index contributed by atoms with van der Waals surface area (Å²) in [6.45, 7) is 11.4. The summed E-state index contributed by atoms with van der Waals surface area (Å²) in [5, 5.41) is 3.61. The van der Waals surface area contributed by atoms with Crippen molar-refractivity contribution in [1.29, 1.82) is 0 Å². The molecule has 0 aromatic carbocycles. The van der Waals surface area contributed by atoms with Gasteiger partial charge in [-0.1, -0.05) is 27.7 Å². The van der Waals surface area contributed by atoms with Crippen LogP contribution in [0.1, 0.15) is 72.6 Å². The van der Waals surface area contributed by atoms with E-state index in [2.05, 4.69) is 33.0 Å². The Morgan fingerprint density at radius 3 is 2.58 bits per heavy atom. The zero-order valence-electron chi connectivity index (χ0n) is 13.6. The Hall–Kier alpha value is -0.0800. The van der Waals surface area contributed by atoms with Crippen LogP contribution in [-0.4, -0.2) is 25.3 Å². The summed E-state index contributed by atoms with van der Waals surface area (Å²) in [7, 11) is 0. The van der Waals surface area contributed by atoms with Crippen LogP contribution in [0.15, 0.2) is 0 Å². The van der Waals surface area contributed by atoms with E-state index in [-0.39, 0.29) is 0 Å². The van der Waals surface area contributed by atoms with Crippen LogP contribution < -0.4 is 5.32 Å². The van der Waals surface area contributed by atoms with Crippen molar-refractivity contribution in [3.63, 3.8) is 0 Å². The van der Waals surface area contributed by atoms with Gasteiger partial charge in [-0.2, -0.15) is 0 Å². The standard InChI is InChI=1S/C17H35NO/c1-5-11-18-16(6-2)8-7-12-19-17-10-9-14(3)15(4)13-17/h14-18H,5-13H2,1-4H3. The first-order valence-corrected chi connectivity index (χ1v) is 8.52. The minimum Gasteiger partial charge on any atom is -0.378 e. The molecule has 1 aliphatic rings. The molecule has 0 amide bonds. The fourth-order valence-electron chi connectivity index (χ4n) is 3.03. The molecule has 0 bridgehead atoms. The van der Waals surface area contributed by atoms with E-state index in [9.17, 15) is 0 Å². The second kappa shape index (κ2) is 9.77. The average molecular weight is 269 g/mol. The zero-order valence-corrected chi connectivity index (χ0v) is 13.6. The molecule has 4 unspecified atom stereocenters. The van der Waals surface area contributed by atoms with Gasteiger partial charge >= 0.3 is 0 Å². The number of ether oxygens (including phenoxy) is 1. The maximum atomic E-state index is 6.07. The molecule has 0 spiro atoms. The minimum atomic E-state index is 0.537. The van der Waals surface area contributed by atoms with E-state index in [1.807, 2.05) is 0 Å². The lowest BCUT2D eigenvalue weighted by Crippen LogP contribution is -2.30. The monoisotopic (exact) mass is 269 g/mol. The minimum absolute atomic E-state index is 0.537. The van der Waals surface area contributed by atoms with Gasteiger partial charge in [-0.25, -0.2) is 0 Å². The normalized spacial score (nSPS) is 29.4. The predicted molar refractivity (Wildman–Crippen MR) is 83.5 cm³/mol. The molecule has 1 aliphatic carbocycles. The van der Waals surface area contributed by atoms with Gasteiger partial charge in [0.15, 0.2) is 0 Å². The maximum Gasteiger partial charge on any atom is 0.0577 e. The topological polar surface area (TPSA) is 21.3 Å². The van der Waals surface area contributed by atoms with Crippen LogP contribution >= 0.6 is 0 Å². The summed E-state index contributed by atoms with van der Waals surface area (Å²) in [5.74, 6) is 1.73. The second-order valence-electron chi connectivity index (χ2n) is 6.46. The SMILES string of the molecule is CCCNC(CC)CCCOC1CCC(C)C(C)C1. The molecule has 1 saturated carbocycles. The molecule has 114 valence electrons. The van der Waals surface area contributed by atoms with Crippen LogP contribution in [0.25, 0.3) is 0 Å².